The number of piperidine rings is 1. The van der Waals surface area contributed by atoms with Crippen molar-refractivity contribution in [3.63, 3.8) is 0 Å². The van der Waals surface area contributed by atoms with Gasteiger partial charge in [-0.2, -0.15) is 10.1 Å². The van der Waals surface area contributed by atoms with Gasteiger partial charge in [0.05, 0.1) is 0 Å². The van der Waals surface area contributed by atoms with E-state index >= 15 is 0 Å². The Hall–Kier alpha value is -2.06. The third kappa shape index (κ3) is 4.11. The Bertz CT molecular complexity index is 837. The van der Waals surface area contributed by atoms with Crippen molar-refractivity contribution in [1.29, 1.82) is 0 Å². The van der Waals surface area contributed by atoms with Gasteiger partial charge >= 0.3 is 0 Å². The maximum atomic E-state index is 13.9. The van der Waals surface area contributed by atoms with Crippen LogP contribution in [-0.2, 0) is 11.8 Å². The fraction of sp³-hybridized carbons (Fsp3) is 0.500. The van der Waals surface area contributed by atoms with Gasteiger partial charge in [-0.05, 0) is 62.0 Å². The van der Waals surface area contributed by atoms with Gasteiger partial charge in [0, 0.05) is 18.9 Å². The first-order chi connectivity index (χ1) is 12.5. The molecule has 1 aliphatic carbocycles. The average Bonchev–Trinajstić information content (AvgIpc) is 3.36. The fourth-order valence-electron chi connectivity index (χ4n) is 3.60. The number of amides is 1. The van der Waals surface area contributed by atoms with Gasteiger partial charge in [0.15, 0.2) is 5.82 Å². The number of aryl methyl sites for hydroxylation is 1. The zero-order chi connectivity index (χ0) is 18.3. The largest absolute Gasteiger partial charge is 0.317 e. The van der Waals surface area contributed by atoms with E-state index in [1.165, 1.54) is 6.07 Å². The number of halogens is 3. The fourth-order valence-corrected chi connectivity index (χ4v) is 3.60. The second-order valence-corrected chi connectivity index (χ2v) is 7.05. The lowest BCUT2D eigenvalue weighted by atomic mass is 9.98. The molecule has 1 saturated carbocycles. The van der Waals surface area contributed by atoms with Crippen molar-refractivity contribution in [2.45, 2.75) is 31.1 Å². The van der Waals surface area contributed by atoms with Gasteiger partial charge in [-0.1, -0.05) is 0 Å². The molecule has 27 heavy (non-hydrogen) atoms. The van der Waals surface area contributed by atoms with Crippen molar-refractivity contribution < 1.29 is 13.6 Å². The van der Waals surface area contributed by atoms with Gasteiger partial charge in [-0.15, -0.1) is 12.4 Å². The molecule has 146 valence electrons. The van der Waals surface area contributed by atoms with Crippen LogP contribution in [-0.4, -0.2) is 33.8 Å². The van der Waals surface area contributed by atoms with Gasteiger partial charge < -0.3 is 5.32 Å². The third-order valence-electron chi connectivity index (χ3n) is 5.20. The maximum Gasteiger partial charge on any atom is 0.230 e. The number of hydrogen-bond donors (Lipinski definition) is 2. The van der Waals surface area contributed by atoms with Gasteiger partial charge in [-0.3, -0.25) is 10.1 Å². The van der Waals surface area contributed by atoms with Crippen LogP contribution in [0.1, 0.15) is 42.5 Å². The Morgan fingerprint density at radius 3 is 2.78 bits per heavy atom. The molecule has 2 atom stereocenters. The number of nitrogens with one attached hydrogen (secondary N) is 2. The average molecular weight is 398 g/mol. The van der Waals surface area contributed by atoms with Crippen molar-refractivity contribution >= 4 is 24.3 Å². The lowest BCUT2D eigenvalue weighted by Crippen LogP contribution is -2.27. The molecule has 0 bridgehead atoms. The Labute approximate surface area is 162 Å². The van der Waals surface area contributed by atoms with Crippen LogP contribution in [0, 0.1) is 17.6 Å². The maximum absolute atomic E-state index is 13.9. The molecule has 9 heteroatoms. The van der Waals surface area contributed by atoms with Crippen molar-refractivity contribution in [3.05, 3.63) is 41.2 Å². The Balaban J connectivity index is 0.00000210. The zero-order valence-corrected chi connectivity index (χ0v) is 15.7. The summed E-state index contributed by atoms with van der Waals surface area (Å²) in [6.45, 7) is 1.88. The number of rotatable bonds is 4. The van der Waals surface area contributed by atoms with Crippen molar-refractivity contribution in [2.75, 3.05) is 18.4 Å². The van der Waals surface area contributed by atoms with Crippen LogP contribution in [0.5, 0.6) is 0 Å². The number of carbonyl (C=O) groups excluding carboxylic acids is 1. The van der Waals surface area contributed by atoms with Gasteiger partial charge in [-0.25, -0.2) is 13.5 Å². The Morgan fingerprint density at radius 1 is 1.30 bits per heavy atom. The minimum atomic E-state index is -0.493. The first-order valence-electron chi connectivity index (χ1n) is 8.90. The normalized spacial score (nSPS) is 22.2. The molecule has 1 amide bonds. The number of anilines is 1. The first kappa shape index (κ1) is 19.7. The summed E-state index contributed by atoms with van der Waals surface area (Å²) in [5.74, 6) is -0.421. The lowest BCUT2D eigenvalue weighted by molar-refractivity contribution is -0.117. The third-order valence-corrected chi connectivity index (χ3v) is 5.20. The van der Waals surface area contributed by atoms with E-state index < -0.39 is 11.6 Å². The Morgan fingerprint density at radius 2 is 2.04 bits per heavy atom. The first-order valence-corrected chi connectivity index (χ1v) is 8.90. The summed E-state index contributed by atoms with van der Waals surface area (Å²) in [6.07, 6.45) is 2.45. The van der Waals surface area contributed by atoms with Crippen LogP contribution in [0.4, 0.5) is 14.7 Å². The molecule has 2 unspecified atom stereocenters. The van der Waals surface area contributed by atoms with Crippen LogP contribution in [0.15, 0.2) is 18.2 Å². The number of carbonyl (C=O) groups is 1. The molecule has 0 spiro atoms. The van der Waals surface area contributed by atoms with Crippen LogP contribution < -0.4 is 10.6 Å². The second kappa shape index (κ2) is 7.90. The van der Waals surface area contributed by atoms with Crippen molar-refractivity contribution in [3.8, 4) is 0 Å². The number of nitrogens with zero attached hydrogens (tertiary/aromatic N) is 3. The smallest absolute Gasteiger partial charge is 0.230 e. The molecule has 2 heterocycles. The van der Waals surface area contributed by atoms with Gasteiger partial charge in [0.1, 0.15) is 11.6 Å². The summed E-state index contributed by atoms with van der Waals surface area (Å²) in [6, 6.07) is 3.36. The summed E-state index contributed by atoms with van der Waals surface area (Å²) >= 11 is 0. The molecule has 2 aromatic rings. The number of aromatic nitrogens is 3. The highest BCUT2D eigenvalue weighted by atomic mass is 35.5. The monoisotopic (exact) mass is 397 g/mol. The number of hydrogen-bond acceptors (Lipinski definition) is 4. The van der Waals surface area contributed by atoms with E-state index in [0.717, 1.165) is 43.9 Å². The summed E-state index contributed by atoms with van der Waals surface area (Å²) < 4.78 is 28.8. The summed E-state index contributed by atoms with van der Waals surface area (Å²) in [5.41, 5.74) is 0.263. The quantitative estimate of drug-likeness (QED) is 0.832. The van der Waals surface area contributed by atoms with Crippen LogP contribution in [0.3, 0.4) is 0 Å². The molecule has 2 aliphatic rings. The van der Waals surface area contributed by atoms with Crippen molar-refractivity contribution in [1.82, 2.24) is 20.1 Å². The highest BCUT2D eigenvalue weighted by molar-refractivity contribution is 5.93. The van der Waals surface area contributed by atoms with Crippen LogP contribution >= 0.6 is 12.4 Å². The van der Waals surface area contributed by atoms with E-state index in [9.17, 15) is 13.6 Å². The predicted octanol–water partition coefficient (Wildman–Crippen LogP) is 2.72. The molecule has 6 nitrogen and oxygen atoms in total. The minimum Gasteiger partial charge on any atom is -0.317 e. The molecule has 2 N–H and O–H groups in total. The SMILES string of the molecule is Cl.Cn1nc(C2CCNCC2)nc1NC(=O)C1CC1c1cc(F)ccc1F. The summed E-state index contributed by atoms with van der Waals surface area (Å²) in [5, 5.41) is 10.5. The summed E-state index contributed by atoms with van der Waals surface area (Å²) in [4.78, 5) is 16.9. The summed E-state index contributed by atoms with van der Waals surface area (Å²) in [7, 11) is 1.74. The molecule has 2 fully saturated rings. The van der Waals surface area contributed by atoms with Crippen LogP contribution in [0.2, 0.25) is 0 Å². The molecule has 0 radical (unpaired) electrons. The molecule has 1 aromatic heterocycles. The highest BCUT2D eigenvalue weighted by Crippen LogP contribution is 2.48. The van der Waals surface area contributed by atoms with Gasteiger partial charge in [0.2, 0.25) is 11.9 Å². The molecular weight excluding hydrogens is 376 g/mol. The van der Waals surface area contributed by atoms with E-state index in [2.05, 4.69) is 20.7 Å². The van der Waals surface area contributed by atoms with Crippen LogP contribution in [0.25, 0.3) is 0 Å². The molecule has 1 saturated heterocycles. The van der Waals surface area contributed by atoms with Gasteiger partial charge in [0.25, 0.3) is 0 Å². The molecule has 1 aliphatic heterocycles. The zero-order valence-electron chi connectivity index (χ0n) is 14.9. The van der Waals surface area contributed by atoms with E-state index in [1.54, 1.807) is 11.7 Å². The topological polar surface area (TPSA) is 71.8 Å². The molecule has 4 rings (SSSR count). The van der Waals surface area contributed by atoms with E-state index in [4.69, 9.17) is 0 Å². The minimum absolute atomic E-state index is 0. The number of benzene rings is 1. The standard InChI is InChI=1S/C18H21F2N5O.ClH/c1-25-18(22-16(24-25)10-4-6-21-7-5-10)23-17(26)14-9-12(14)13-8-11(19)2-3-15(13)20;/h2-3,8,10,12,14,21H,4-7,9H2,1H3,(H,22,23,24,26);1H. The van der Waals surface area contributed by atoms with Crippen molar-refractivity contribution in [2.24, 2.45) is 13.0 Å². The lowest BCUT2D eigenvalue weighted by Gasteiger charge is -2.19. The van der Waals surface area contributed by atoms with E-state index in [0.29, 0.717) is 18.3 Å². The molecular formula is C18H22ClF2N5O. The Kier molecular flexibility index (Phi) is 5.76. The van der Waals surface area contributed by atoms with E-state index in [-0.39, 0.29) is 35.7 Å². The molecule has 1 aromatic carbocycles. The van der Waals surface area contributed by atoms with E-state index in [1.807, 2.05) is 0 Å². The second-order valence-electron chi connectivity index (χ2n) is 7.05. The highest BCUT2D eigenvalue weighted by Gasteiger charge is 2.45. The predicted molar refractivity (Wildman–Crippen MR) is 98.9 cm³/mol.